The van der Waals surface area contributed by atoms with Crippen LogP contribution < -0.4 is 20.3 Å². The molecule has 0 spiro atoms. The second-order valence-corrected chi connectivity index (χ2v) is 6.92. The maximum atomic E-state index is 12.5. The maximum absolute atomic E-state index is 12.5. The average Bonchev–Trinajstić information content (AvgIpc) is 2.68. The summed E-state index contributed by atoms with van der Waals surface area (Å²) in [5.41, 5.74) is 0.924. The largest absolute Gasteiger partial charge is 0.494 e. The molecule has 2 aromatic rings. The van der Waals surface area contributed by atoms with E-state index < -0.39 is 10.8 Å². The number of nitro benzene ring substituents is 1. The van der Waals surface area contributed by atoms with Crippen molar-refractivity contribution >= 4 is 29.0 Å². The van der Waals surface area contributed by atoms with Gasteiger partial charge in [-0.1, -0.05) is 12.1 Å². The zero-order valence-electron chi connectivity index (χ0n) is 17.5. The lowest BCUT2D eigenvalue weighted by Crippen LogP contribution is -2.40. The van der Waals surface area contributed by atoms with Gasteiger partial charge in [0.15, 0.2) is 0 Å². The van der Waals surface area contributed by atoms with Gasteiger partial charge in [0.05, 0.1) is 18.0 Å². The molecule has 0 radical (unpaired) electrons. The van der Waals surface area contributed by atoms with Crippen LogP contribution in [0.2, 0.25) is 0 Å². The number of amides is 3. The molecule has 0 atom stereocenters. The molecule has 0 aliphatic rings. The summed E-state index contributed by atoms with van der Waals surface area (Å²) in [6.45, 7) is 6.08. The van der Waals surface area contributed by atoms with Gasteiger partial charge in [-0.3, -0.25) is 19.8 Å². The molecule has 0 fully saturated rings. The maximum Gasteiger partial charge on any atom is 0.321 e. The summed E-state index contributed by atoms with van der Waals surface area (Å²) in [5, 5.41) is 16.7. The SMILES string of the molecule is CCOc1ccc(CC(=O)Nc2cc(N(C)C(=O)NC(C)C)ccc2[N+](=O)[O-])cc1. The van der Waals surface area contributed by atoms with E-state index in [4.69, 9.17) is 4.74 Å². The fourth-order valence-corrected chi connectivity index (χ4v) is 2.70. The molecule has 0 aromatic heterocycles. The highest BCUT2D eigenvalue weighted by molar-refractivity contribution is 5.97. The average molecular weight is 414 g/mol. The van der Waals surface area contributed by atoms with Crippen molar-refractivity contribution < 1.29 is 19.2 Å². The van der Waals surface area contributed by atoms with Crippen molar-refractivity contribution in [3.63, 3.8) is 0 Å². The standard InChI is InChI=1S/C21H26N4O5/c1-5-30-17-9-6-15(7-10-17)12-20(26)23-18-13-16(8-11-19(18)25(28)29)24(4)21(27)22-14(2)3/h6-11,13-14H,5,12H2,1-4H3,(H,22,27)(H,23,26). The molecule has 0 unspecified atom stereocenters. The van der Waals surface area contributed by atoms with E-state index in [1.807, 2.05) is 20.8 Å². The third kappa shape index (κ3) is 6.20. The van der Waals surface area contributed by atoms with Gasteiger partial charge in [0.1, 0.15) is 11.4 Å². The van der Waals surface area contributed by atoms with Crippen molar-refractivity contribution in [2.24, 2.45) is 0 Å². The second kappa shape index (κ2) is 10.2. The Labute approximate surface area is 175 Å². The van der Waals surface area contributed by atoms with Gasteiger partial charge < -0.3 is 15.4 Å². The molecule has 9 heteroatoms. The minimum atomic E-state index is -0.579. The number of nitrogens with one attached hydrogen (secondary N) is 2. The number of urea groups is 1. The minimum Gasteiger partial charge on any atom is -0.494 e. The number of anilines is 2. The zero-order chi connectivity index (χ0) is 22.3. The van der Waals surface area contributed by atoms with Crippen LogP contribution in [0, 0.1) is 10.1 Å². The first kappa shape index (κ1) is 22.7. The molecule has 30 heavy (non-hydrogen) atoms. The summed E-state index contributed by atoms with van der Waals surface area (Å²) in [6.07, 6.45) is 0.0391. The van der Waals surface area contributed by atoms with Gasteiger partial charge >= 0.3 is 6.03 Å². The Hall–Kier alpha value is -3.62. The van der Waals surface area contributed by atoms with E-state index in [2.05, 4.69) is 10.6 Å². The van der Waals surface area contributed by atoms with Crippen LogP contribution in [0.15, 0.2) is 42.5 Å². The number of nitro groups is 1. The van der Waals surface area contributed by atoms with Gasteiger partial charge in [0.25, 0.3) is 5.69 Å². The summed E-state index contributed by atoms with van der Waals surface area (Å²) < 4.78 is 5.37. The Morgan fingerprint density at radius 3 is 2.40 bits per heavy atom. The summed E-state index contributed by atoms with van der Waals surface area (Å²) in [5.74, 6) is 0.293. The topological polar surface area (TPSA) is 114 Å². The van der Waals surface area contributed by atoms with Crippen molar-refractivity contribution in [2.75, 3.05) is 23.9 Å². The molecule has 2 rings (SSSR count). The Kier molecular flexibility index (Phi) is 7.74. The lowest BCUT2D eigenvalue weighted by molar-refractivity contribution is -0.383. The Bertz CT molecular complexity index is 912. The van der Waals surface area contributed by atoms with E-state index >= 15 is 0 Å². The summed E-state index contributed by atoms with van der Waals surface area (Å²) in [7, 11) is 1.55. The van der Waals surface area contributed by atoms with Crippen LogP contribution in [-0.2, 0) is 11.2 Å². The van der Waals surface area contributed by atoms with Crippen LogP contribution in [-0.4, -0.2) is 36.6 Å². The number of carbonyl (C=O) groups is 2. The first-order chi connectivity index (χ1) is 14.2. The number of ether oxygens (including phenoxy) is 1. The van der Waals surface area contributed by atoms with Crippen LogP contribution in [0.3, 0.4) is 0 Å². The highest BCUT2D eigenvalue weighted by Crippen LogP contribution is 2.29. The summed E-state index contributed by atoms with van der Waals surface area (Å²) in [6, 6.07) is 10.8. The normalized spacial score (nSPS) is 10.4. The molecular weight excluding hydrogens is 388 g/mol. The van der Waals surface area contributed by atoms with Gasteiger partial charge in [-0.2, -0.15) is 0 Å². The molecule has 0 saturated heterocycles. The van der Waals surface area contributed by atoms with Crippen molar-refractivity contribution in [1.29, 1.82) is 0 Å². The molecule has 0 aliphatic carbocycles. The lowest BCUT2D eigenvalue weighted by atomic mass is 10.1. The van der Waals surface area contributed by atoms with Gasteiger partial charge in [-0.05, 0) is 50.6 Å². The molecule has 2 N–H and O–H groups in total. The fourth-order valence-electron chi connectivity index (χ4n) is 2.70. The van der Waals surface area contributed by atoms with E-state index in [0.717, 1.165) is 5.56 Å². The van der Waals surface area contributed by atoms with Gasteiger partial charge in [0.2, 0.25) is 5.91 Å². The third-order valence-electron chi connectivity index (χ3n) is 4.15. The number of hydrogen-bond acceptors (Lipinski definition) is 5. The van der Waals surface area contributed by atoms with Crippen LogP contribution >= 0.6 is 0 Å². The third-order valence-corrected chi connectivity index (χ3v) is 4.15. The van der Waals surface area contributed by atoms with Gasteiger partial charge in [-0.25, -0.2) is 4.79 Å². The van der Waals surface area contributed by atoms with E-state index in [0.29, 0.717) is 18.0 Å². The second-order valence-electron chi connectivity index (χ2n) is 6.92. The first-order valence-electron chi connectivity index (χ1n) is 9.55. The smallest absolute Gasteiger partial charge is 0.321 e. The fraction of sp³-hybridized carbons (Fsp3) is 0.333. The predicted molar refractivity (Wildman–Crippen MR) is 115 cm³/mol. The number of carbonyl (C=O) groups excluding carboxylic acids is 2. The van der Waals surface area contributed by atoms with Gasteiger partial charge in [0, 0.05) is 24.8 Å². The van der Waals surface area contributed by atoms with E-state index in [1.54, 1.807) is 31.3 Å². The highest BCUT2D eigenvalue weighted by Gasteiger charge is 2.20. The molecule has 0 bridgehead atoms. The molecule has 0 aliphatic heterocycles. The number of hydrogen-bond donors (Lipinski definition) is 2. The zero-order valence-corrected chi connectivity index (χ0v) is 17.5. The van der Waals surface area contributed by atoms with E-state index in [9.17, 15) is 19.7 Å². The van der Waals surface area contributed by atoms with Crippen LogP contribution in [0.1, 0.15) is 26.3 Å². The van der Waals surface area contributed by atoms with Crippen LogP contribution in [0.25, 0.3) is 0 Å². The number of benzene rings is 2. The highest BCUT2D eigenvalue weighted by atomic mass is 16.6. The number of rotatable bonds is 8. The van der Waals surface area contributed by atoms with Crippen molar-refractivity contribution in [3.05, 3.63) is 58.1 Å². The van der Waals surface area contributed by atoms with Crippen molar-refractivity contribution in [3.8, 4) is 5.75 Å². The van der Waals surface area contributed by atoms with E-state index in [1.165, 1.54) is 23.1 Å². The number of nitrogens with zero attached hydrogens (tertiary/aromatic N) is 2. The molecule has 3 amide bonds. The first-order valence-corrected chi connectivity index (χ1v) is 9.55. The quantitative estimate of drug-likeness (QED) is 0.505. The van der Waals surface area contributed by atoms with E-state index in [-0.39, 0.29) is 29.9 Å². The van der Waals surface area contributed by atoms with Gasteiger partial charge in [-0.15, -0.1) is 0 Å². The van der Waals surface area contributed by atoms with Crippen LogP contribution in [0.5, 0.6) is 5.75 Å². The summed E-state index contributed by atoms with van der Waals surface area (Å²) in [4.78, 5) is 36.8. The molecule has 2 aromatic carbocycles. The Morgan fingerprint density at radius 1 is 1.17 bits per heavy atom. The van der Waals surface area contributed by atoms with Crippen molar-refractivity contribution in [2.45, 2.75) is 33.2 Å². The molecule has 0 saturated carbocycles. The molecule has 0 heterocycles. The Morgan fingerprint density at radius 2 is 1.83 bits per heavy atom. The Balaban J connectivity index is 2.18. The molecule has 9 nitrogen and oxygen atoms in total. The monoisotopic (exact) mass is 414 g/mol. The molecular formula is C21H26N4O5. The predicted octanol–water partition coefficient (Wildman–Crippen LogP) is 3.73. The lowest BCUT2D eigenvalue weighted by Gasteiger charge is -2.20. The van der Waals surface area contributed by atoms with Crippen LogP contribution in [0.4, 0.5) is 21.9 Å². The minimum absolute atomic E-state index is 0.0256. The van der Waals surface area contributed by atoms with Crippen molar-refractivity contribution in [1.82, 2.24) is 5.32 Å². The summed E-state index contributed by atoms with van der Waals surface area (Å²) >= 11 is 0. The molecule has 160 valence electrons.